The molecule has 0 bridgehead atoms. The highest BCUT2D eigenvalue weighted by Gasteiger charge is 2.15. The molecule has 3 aromatic rings. The number of carbonyl (C=O) groups is 4. The maximum absolute atomic E-state index is 12.6. The molecular weight excluding hydrogens is 708 g/mol. The van der Waals surface area contributed by atoms with Crippen LogP contribution in [0.2, 0.25) is 0 Å². The van der Waals surface area contributed by atoms with E-state index in [4.69, 9.17) is 33.6 Å². The van der Waals surface area contributed by atoms with Crippen molar-refractivity contribution >= 4 is 59.0 Å². The highest BCUT2D eigenvalue weighted by atomic mass is 32.2. The summed E-state index contributed by atoms with van der Waals surface area (Å²) >= 11 is 1.29. The van der Waals surface area contributed by atoms with Crippen molar-refractivity contribution in [3.8, 4) is 23.0 Å². The predicted molar refractivity (Wildman–Crippen MR) is 204 cm³/mol. The first-order chi connectivity index (χ1) is 25.5. The molecule has 0 spiro atoms. The standard InChI is InChI=1S/C34H40N4O11S.C3H8/c1-22(40)38(21-39)49-33(42)8-6-7-32(41)35-24-11-9-23(10-12-24)20-48-34(43)36-28-17-25(13-14-29(28)45-3)37-50-16-15-27-30(46-4)18-26(44-2)19-31(27)47-5;1-3-2/h9-19,37,39H,6-8,20-21H2,1-5H3,(H,35,41)(H,36,43);3H2,1-2H3/b16-15+;. The van der Waals surface area contributed by atoms with Crippen LogP contribution in [0.25, 0.3) is 6.08 Å². The number of aliphatic hydroxyl groups excluding tert-OH is 1. The molecule has 16 heteroatoms. The zero-order valence-electron chi connectivity index (χ0n) is 31.0. The van der Waals surface area contributed by atoms with Gasteiger partial charge in [0.25, 0.3) is 5.91 Å². The molecule has 0 atom stereocenters. The summed E-state index contributed by atoms with van der Waals surface area (Å²) in [5.74, 6) is 0.520. The number of amides is 3. The topological polar surface area (TPSA) is 183 Å². The van der Waals surface area contributed by atoms with Crippen molar-refractivity contribution < 1.29 is 52.8 Å². The lowest BCUT2D eigenvalue weighted by Gasteiger charge is -2.16. The molecule has 3 rings (SSSR count). The Hall–Kier alpha value is -5.61. The molecule has 0 unspecified atom stereocenters. The fourth-order valence-corrected chi connectivity index (χ4v) is 4.76. The van der Waals surface area contributed by atoms with Crippen LogP contribution in [0.15, 0.2) is 60.0 Å². The van der Waals surface area contributed by atoms with E-state index in [1.54, 1.807) is 75.9 Å². The summed E-state index contributed by atoms with van der Waals surface area (Å²) in [5.41, 5.74) is 3.00. The van der Waals surface area contributed by atoms with Gasteiger partial charge in [0.1, 0.15) is 29.6 Å². The number of methoxy groups -OCH3 is 4. The molecule has 0 saturated carbocycles. The van der Waals surface area contributed by atoms with E-state index in [1.807, 2.05) is 11.5 Å². The molecule has 0 aliphatic carbocycles. The number of nitrogens with zero attached hydrogens (tertiary/aromatic N) is 1. The number of hydrogen-bond donors (Lipinski definition) is 4. The Labute approximate surface area is 314 Å². The first kappa shape index (κ1) is 43.6. The molecule has 0 heterocycles. The van der Waals surface area contributed by atoms with Crippen molar-refractivity contribution in [3.05, 3.63) is 71.1 Å². The lowest BCUT2D eigenvalue weighted by atomic mass is 10.1. The number of ether oxygens (including phenoxy) is 5. The maximum Gasteiger partial charge on any atom is 0.412 e. The van der Waals surface area contributed by atoms with Gasteiger partial charge in [0.2, 0.25) is 5.91 Å². The van der Waals surface area contributed by atoms with E-state index in [2.05, 4.69) is 29.2 Å². The fraction of sp³-hybridized carbons (Fsp3) is 0.351. The maximum atomic E-state index is 12.6. The molecule has 53 heavy (non-hydrogen) atoms. The third-order valence-corrected chi connectivity index (χ3v) is 7.38. The number of nitrogens with one attached hydrogen (secondary N) is 3. The first-order valence-corrected chi connectivity index (χ1v) is 17.4. The average Bonchev–Trinajstić information content (AvgIpc) is 3.15. The van der Waals surface area contributed by atoms with Gasteiger partial charge in [-0.2, -0.15) is 0 Å². The minimum atomic E-state index is -0.757. The van der Waals surface area contributed by atoms with Crippen LogP contribution < -0.4 is 34.3 Å². The Bertz CT molecular complexity index is 1640. The molecule has 15 nitrogen and oxygen atoms in total. The van der Waals surface area contributed by atoms with Gasteiger partial charge in [0.15, 0.2) is 6.73 Å². The quantitative estimate of drug-likeness (QED) is 0.0629. The van der Waals surface area contributed by atoms with E-state index in [0.717, 1.165) is 12.5 Å². The van der Waals surface area contributed by atoms with Gasteiger partial charge in [-0.15, -0.1) is 5.06 Å². The van der Waals surface area contributed by atoms with Crippen molar-refractivity contribution in [2.45, 2.75) is 53.1 Å². The summed E-state index contributed by atoms with van der Waals surface area (Å²) in [6.45, 7) is 4.60. The Morgan fingerprint density at radius 3 is 2.00 bits per heavy atom. The Morgan fingerprint density at radius 2 is 1.43 bits per heavy atom. The predicted octanol–water partition coefficient (Wildman–Crippen LogP) is 6.98. The zero-order valence-corrected chi connectivity index (χ0v) is 31.8. The molecule has 3 amide bonds. The van der Waals surface area contributed by atoms with Gasteiger partial charge >= 0.3 is 12.1 Å². The highest BCUT2D eigenvalue weighted by Crippen LogP contribution is 2.36. The molecule has 4 N–H and O–H groups in total. The number of rotatable bonds is 17. The van der Waals surface area contributed by atoms with E-state index >= 15 is 0 Å². The molecule has 0 aromatic heterocycles. The Kier molecular flexibility index (Phi) is 19.5. The van der Waals surface area contributed by atoms with Crippen LogP contribution in [-0.4, -0.2) is 69.2 Å². The van der Waals surface area contributed by atoms with Gasteiger partial charge in [-0.25, -0.2) is 9.59 Å². The smallest absolute Gasteiger partial charge is 0.412 e. The second kappa shape index (κ2) is 23.8. The highest BCUT2D eigenvalue weighted by molar-refractivity contribution is 8.03. The summed E-state index contributed by atoms with van der Waals surface area (Å²) in [5, 5.41) is 16.7. The molecule has 0 aliphatic rings. The molecule has 288 valence electrons. The largest absolute Gasteiger partial charge is 0.496 e. The van der Waals surface area contributed by atoms with Gasteiger partial charge in [-0.3, -0.25) is 14.9 Å². The van der Waals surface area contributed by atoms with E-state index in [-0.39, 0.29) is 31.8 Å². The summed E-state index contributed by atoms with van der Waals surface area (Å²) in [4.78, 5) is 52.6. The Balaban J connectivity index is 0.00000313. The zero-order chi connectivity index (χ0) is 39.2. The second-order valence-electron chi connectivity index (χ2n) is 10.9. The number of carbonyl (C=O) groups excluding carboxylic acids is 4. The van der Waals surface area contributed by atoms with Crippen LogP contribution in [-0.2, 0) is 30.6 Å². The molecule has 0 fully saturated rings. The second-order valence-corrected chi connectivity index (χ2v) is 11.6. The van der Waals surface area contributed by atoms with Gasteiger partial charge in [-0.05, 0) is 65.7 Å². The normalized spacial score (nSPS) is 10.3. The fourth-order valence-electron chi connectivity index (χ4n) is 4.23. The van der Waals surface area contributed by atoms with Gasteiger partial charge in [-0.1, -0.05) is 32.4 Å². The molecular formula is C37H48N4O11S. The number of hydroxylamine groups is 2. The van der Waals surface area contributed by atoms with Crippen molar-refractivity contribution in [1.29, 1.82) is 0 Å². The van der Waals surface area contributed by atoms with Crippen molar-refractivity contribution in [2.24, 2.45) is 0 Å². The monoisotopic (exact) mass is 756 g/mol. The van der Waals surface area contributed by atoms with E-state index in [0.29, 0.717) is 50.7 Å². The van der Waals surface area contributed by atoms with Crippen LogP contribution in [0, 0.1) is 0 Å². The number of benzene rings is 3. The van der Waals surface area contributed by atoms with Crippen LogP contribution >= 0.6 is 11.9 Å². The van der Waals surface area contributed by atoms with Gasteiger partial charge in [0, 0.05) is 43.3 Å². The minimum Gasteiger partial charge on any atom is -0.496 e. The number of anilines is 3. The summed E-state index contributed by atoms with van der Waals surface area (Å²) in [6, 6.07) is 15.4. The van der Waals surface area contributed by atoms with E-state index < -0.39 is 24.7 Å². The van der Waals surface area contributed by atoms with Gasteiger partial charge < -0.3 is 43.7 Å². The van der Waals surface area contributed by atoms with E-state index in [1.165, 1.54) is 25.5 Å². The van der Waals surface area contributed by atoms with Crippen LogP contribution in [0.1, 0.15) is 57.6 Å². The van der Waals surface area contributed by atoms with E-state index in [9.17, 15) is 19.2 Å². The average molecular weight is 757 g/mol. The number of hydrogen-bond acceptors (Lipinski definition) is 13. The molecule has 0 saturated heterocycles. The summed E-state index contributed by atoms with van der Waals surface area (Å²) in [7, 11) is 6.18. The molecule has 3 aromatic carbocycles. The SMILES string of the molecule is CCC.COc1cc(OC)c(/C=C/SNc2ccc(OC)c(NC(=O)OCc3ccc(NC(=O)CCCC(=O)ON(CO)C(C)=O)cc3)c2)c(OC)c1. The summed E-state index contributed by atoms with van der Waals surface area (Å²) < 4.78 is 30.2. The number of aliphatic hydroxyl groups is 1. The minimum absolute atomic E-state index is 0.0308. The van der Waals surface area contributed by atoms with Crippen LogP contribution in [0.4, 0.5) is 21.9 Å². The van der Waals surface area contributed by atoms with Crippen LogP contribution in [0.5, 0.6) is 23.0 Å². The lowest BCUT2D eigenvalue weighted by Crippen LogP contribution is -2.32. The first-order valence-electron chi connectivity index (χ1n) is 16.5. The Morgan fingerprint density at radius 1 is 0.811 bits per heavy atom. The lowest BCUT2D eigenvalue weighted by molar-refractivity contribution is -0.209. The summed E-state index contributed by atoms with van der Waals surface area (Å²) in [6.07, 6.45) is 2.48. The van der Waals surface area contributed by atoms with Crippen molar-refractivity contribution in [1.82, 2.24) is 5.06 Å². The third kappa shape index (κ3) is 15.3. The van der Waals surface area contributed by atoms with Crippen LogP contribution in [0.3, 0.4) is 0 Å². The molecule has 0 radical (unpaired) electrons. The third-order valence-electron chi connectivity index (χ3n) is 6.75. The van der Waals surface area contributed by atoms with Gasteiger partial charge in [0.05, 0.1) is 39.7 Å². The van der Waals surface area contributed by atoms with Crippen molar-refractivity contribution in [2.75, 3.05) is 50.5 Å². The molecule has 0 aliphatic heterocycles. The van der Waals surface area contributed by atoms with Crippen molar-refractivity contribution in [3.63, 3.8) is 0 Å².